The molecule has 3 atom stereocenters. The minimum absolute atomic E-state index is 0.0111. The number of aromatic amines is 2. The van der Waals surface area contributed by atoms with E-state index in [2.05, 4.69) is 27.4 Å². The first-order chi connectivity index (χ1) is 14.8. The van der Waals surface area contributed by atoms with Gasteiger partial charge in [-0.25, -0.2) is 8.78 Å². The summed E-state index contributed by atoms with van der Waals surface area (Å²) in [6.45, 7) is 5.88. The van der Waals surface area contributed by atoms with Gasteiger partial charge < -0.3 is 15.2 Å². The van der Waals surface area contributed by atoms with E-state index in [0.717, 1.165) is 23.1 Å². The molecule has 3 aromatic rings. The lowest BCUT2D eigenvalue weighted by Gasteiger charge is -2.56. The number of alkyl halides is 2. The van der Waals surface area contributed by atoms with Crippen molar-refractivity contribution in [2.75, 3.05) is 19.6 Å². The second kappa shape index (κ2) is 6.16. The average molecular weight is 425 g/mol. The van der Waals surface area contributed by atoms with Gasteiger partial charge in [0.25, 0.3) is 11.8 Å². The van der Waals surface area contributed by atoms with Gasteiger partial charge in [-0.05, 0) is 31.5 Å². The molecule has 2 fully saturated rings. The van der Waals surface area contributed by atoms with Crippen LogP contribution in [0.3, 0.4) is 0 Å². The molecule has 3 heterocycles. The Labute approximate surface area is 178 Å². The zero-order valence-electron chi connectivity index (χ0n) is 17.6. The monoisotopic (exact) mass is 425 g/mol. The topological polar surface area (TPSA) is 76.8 Å². The number of carbonyl (C=O) groups is 1. The molecular weight excluding hydrogens is 400 g/mol. The van der Waals surface area contributed by atoms with E-state index < -0.39 is 17.3 Å². The van der Waals surface area contributed by atoms with Crippen molar-refractivity contribution < 1.29 is 13.6 Å². The van der Waals surface area contributed by atoms with E-state index >= 15 is 0 Å². The van der Waals surface area contributed by atoms with E-state index in [1.807, 2.05) is 29.2 Å². The first-order valence-electron chi connectivity index (χ1n) is 10.9. The largest absolute Gasteiger partial charge is 0.353 e. The van der Waals surface area contributed by atoms with Gasteiger partial charge in [-0.1, -0.05) is 13.0 Å². The predicted molar refractivity (Wildman–Crippen MR) is 113 cm³/mol. The van der Waals surface area contributed by atoms with Crippen LogP contribution in [0.5, 0.6) is 0 Å². The fourth-order valence-electron chi connectivity index (χ4n) is 5.66. The van der Waals surface area contributed by atoms with Crippen LogP contribution in [0.4, 0.5) is 8.78 Å². The van der Waals surface area contributed by atoms with Crippen molar-refractivity contribution in [1.29, 1.82) is 0 Å². The van der Waals surface area contributed by atoms with Crippen LogP contribution in [-0.4, -0.2) is 57.6 Å². The molecular formula is C23H25F2N5O. The fourth-order valence-corrected chi connectivity index (χ4v) is 5.66. The number of nitrogens with one attached hydrogen (secondary N) is 3. The minimum atomic E-state index is -2.70. The maximum absolute atomic E-state index is 14.7. The van der Waals surface area contributed by atoms with E-state index in [0.29, 0.717) is 48.4 Å². The number of carbonyl (C=O) groups excluding carboxylic acids is 1. The van der Waals surface area contributed by atoms with Crippen molar-refractivity contribution in [3.05, 3.63) is 41.1 Å². The molecule has 7 rings (SSSR count). The van der Waals surface area contributed by atoms with E-state index in [9.17, 15) is 13.6 Å². The summed E-state index contributed by atoms with van der Waals surface area (Å²) in [5.41, 5.74) is 3.21. The van der Waals surface area contributed by atoms with Crippen LogP contribution >= 0.6 is 0 Å². The standard InChI is InChI=1S/C23H25F2N5O/c1-12-11-30(6-5-26-12)21(31)14-4-3-13-7-17(27-16(13)8-14)20-19-15-9-22(2,23(15,24)25)10-18(19)28-29-20/h3-4,7-8,12,15,26-27H,5-6,9-11H2,1-2H3,(H,28,29)/t12-,15+,22-/m0/s1. The number of aromatic nitrogens is 3. The Morgan fingerprint density at radius 2 is 2.13 bits per heavy atom. The molecule has 3 N–H and O–H groups in total. The third-order valence-electron chi connectivity index (χ3n) is 7.48. The van der Waals surface area contributed by atoms with Crippen LogP contribution in [0.15, 0.2) is 24.3 Å². The van der Waals surface area contributed by atoms with Crippen LogP contribution in [0.1, 0.15) is 47.8 Å². The first kappa shape index (κ1) is 19.0. The Balaban J connectivity index is 1.35. The van der Waals surface area contributed by atoms with Crippen molar-refractivity contribution in [2.24, 2.45) is 5.41 Å². The normalized spacial score (nSPS) is 29.0. The molecule has 0 unspecified atom stereocenters. The quantitative estimate of drug-likeness (QED) is 0.586. The van der Waals surface area contributed by atoms with Gasteiger partial charge in [0.2, 0.25) is 0 Å². The summed E-state index contributed by atoms with van der Waals surface area (Å²) >= 11 is 0. The highest BCUT2D eigenvalue weighted by Crippen LogP contribution is 2.68. The molecule has 162 valence electrons. The van der Waals surface area contributed by atoms with Gasteiger partial charge in [-0.3, -0.25) is 9.89 Å². The van der Waals surface area contributed by atoms with Gasteiger partial charge in [0, 0.05) is 65.2 Å². The molecule has 1 aliphatic heterocycles. The van der Waals surface area contributed by atoms with Crippen LogP contribution < -0.4 is 5.32 Å². The molecule has 1 amide bonds. The third-order valence-corrected chi connectivity index (χ3v) is 7.48. The molecule has 2 aromatic heterocycles. The van der Waals surface area contributed by atoms with Crippen molar-refractivity contribution in [3.8, 4) is 11.4 Å². The number of H-pyrrole nitrogens is 2. The summed E-state index contributed by atoms with van der Waals surface area (Å²) in [4.78, 5) is 18.1. The molecule has 1 saturated heterocycles. The maximum Gasteiger partial charge on any atom is 0.260 e. The molecule has 0 radical (unpaired) electrons. The van der Waals surface area contributed by atoms with Gasteiger partial charge in [0.1, 0.15) is 5.69 Å². The highest BCUT2D eigenvalue weighted by Gasteiger charge is 2.69. The van der Waals surface area contributed by atoms with Gasteiger partial charge in [-0.15, -0.1) is 0 Å². The number of benzene rings is 1. The fraction of sp³-hybridized carbons (Fsp3) is 0.478. The molecule has 0 spiro atoms. The Kier molecular flexibility index (Phi) is 3.77. The van der Waals surface area contributed by atoms with Gasteiger partial charge >= 0.3 is 0 Å². The number of hydrogen-bond acceptors (Lipinski definition) is 3. The lowest BCUT2D eigenvalue weighted by molar-refractivity contribution is -0.220. The second-order valence-corrected chi connectivity index (χ2v) is 9.67. The second-order valence-electron chi connectivity index (χ2n) is 9.67. The van der Waals surface area contributed by atoms with E-state index in [1.54, 1.807) is 6.92 Å². The van der Waals surface area contributed by atoms with E-state index in [-0.39, 0.29) is 11.9 Å². The molecule has 1 aromatic carbocycles. The SMILES string of the molecule is C[C@H]1CN(C(=O)c2ccc3cc(-c4n[nH]c5c4[C@H]4C[C@@](C)(C5)C4(F)F)[nH]c3c2)CCN1. The summed E-state index contributed by atoms with van der Waals surface area (Å²) < 4.78 is 29.5. The minimum Gasteiger partial charge on any atom is -0.353 e. The lowest BCUT2D eigenvalue weighted by atomic mass is 9.51. The van der Waals surface area contributed by atoms with E-state index in [1.165, 1.54) is 0 Å². The maximum atomic E-state index is 14.7. The zero-order chi connectivity index (χ0) is 21.5. The summed E-state index contributed by atoms with van der Waals surface area (Å²) in [5, 5.41) is 11.7. The Morgan fingerprint density at radius 1 is 1.29 bits per heavy atom. The third kappa shape index (κ3) is 2.57. The number of rotatable bonds is 2. The number of halogens is 2. The van der Waals surface area contributed by atoms with Crippen LogP contribution in [0.2, 0.25) is 0 Å². The van der Waals surface area contributed by atoms with Gasteiger partial charge in [0.15, 0.2) is 0 Å². The van der Waals surface area contributed by atoms with Gasteiger partial charge in [-0.2, -0.15) is 5.10 Å². The summed E-state index contributed by atoms with van der Waals surface area (Å²) in [5.74, 6) is -3.48. The average Bonchev–Trinajstić information content (AvgIpc) is 3.35. The number of nitrogens with zero attached hydrogens (tertiary/aromatic N) is 2. The van der Waals surface area contributed by atoms with Crippen molar-refractivity contribution in [1.82, 2.24) is 25.4 Å². The highest BCUT2D eigenvalue weighted by atomic mass is 19.3. The Morgan fingerprint density at radius 3 is 2.90 bits per heavy atom. The predicted octanol–water partition coefficient (Wildman–Crippen LogP) is 3.68. The van der Waals surface area contributed by atoms with Crippen LogP contribution in [-0.2, 0) is 6.42 Å². The van der Waals surface area contributed by atoms with Crippen molar-refractivity contribution >= 4 is 16.8 Å². The molecule has 6 nitrogen and oxygen atoms in total. The summed E-state index contributed by atoms with van der Waals surface area (Å²) in [7, 11) is 0. The van der Waals surface area contributed by atoms with Crippen molar-refractivity contribution in [3.63, 3.8) is 0 Å². The van der Waals surface area contributed by atoms with E-state index in [4.69, 9.17) is 0 Å². The Bertz CT molecular complexity index is 1210. The lowest BCUT2D eigenvalue weighted by Crippen LogP contribution is -2.59. The molecule has 8 heteroatoms. The van der Waals surface area contributed by atoms with Crippen molar-refractivity contribution in [2.45, 2.75) is 44.6 Å². The number of piperazine rings is 1. The highest BCUT2D eigenvalue weighted by molar-refractivity contribution is 5.99. The molecule has 2 bridgehead atoms. The zero-order valence-corrected chi connectivity index (χ0v) is 17.6. The molecule has 31 heavy (non-hydrogen) atoms. The summed E-state index contributed by atoms with van der Waals surface area (Å²) in [6.07, 6.45) is 0.808. The van der Waals surface area contributed by atoms with Gasteiger partial charge in [0.05, 0.1) is 11.6 Å². The summed E-state index contributed by atoms with van der Waals surface area (Å²) in [6, 6.07) is 7.79. The first-order valence-corrected chi connectivity index (χ1v) is 10.9. The molecule has 4 aliphatic rings. The number of amides is 1. The Hall–Kier alpha value is -2.74. The molecule has 1 saturated carbocycles. The van der Waals surface area contributed by atoms with Crippen LogP contribution in [0, 0.1) is 5.41 Å². The number of hydrogen-bond donors (Lipinski definition) is 3. The smallest absolute Gasteiger partial charge is 0.260 e. The van der Waals surface area contributed by atoms with Crippen LogP contribution in [0.25, 0.3) is 22.3 Å². The molecule has 3 aliphatic carbocycles. The number of fused-ring (bicyclic) bond motifs is 1.